The van der Waals surface area contributed by atoms with Gasteiger partial charge in [0.1, 0.15) is 6.04 Å². The molecule has 0 saturated heterocycles. The molecule has 0 aromatic heterocycles. The highest BCUT2D eigenvalue weighted by Crippen LogP contribution is 2.41. The minimum atomic E-state index is -0.722. The summed E-state index contributed by atoms with van der Waals surface area (Å²) in [5.41, 5.74) is 5.91. The van der Waals surface area contributed by atoms with Gasteiger partial charge in [-0.2, -0.15) is 0 Å². The Labute approximate surface area is 212 Å². The number of hydrogen-bond donors (Lipinski definition) is 2. The number of ether oxygens (including phenoxy) is 2. The second-order valence-corrected chi connectivity index (χ2v) is 9.07. The number of methoxy groups -OCH3 is 2. The van der Waals surface area contributed by atoms with Gasteiger partial charge in [0, 0.05) is 12.2 Å². The fourth-order valence-electron chi connectivity index (χ4n) is 4.62. The molecule has 0 aliphatic carbocycles. The predicted octanol–water partition coefficient (Wildman–Crippen LogP) is 5.00. The smallest absolute Gasteiger partial charge is 0.318 e. The zero-order chi connectivity index (χ0) is 25.8. The zero-order valence-corrected chi connectivity index (χ0v) is 21.4. The van der Waals surface area contributed by atoms with Crippen LogP contribution in [0.3, 0.4) is 0 Å². The average Bonchev–Trinajstić information content (AvgIpc) is 2.90. The van der Waals surface area contributed by atoms with Crippen molar-refractivity contribution in [3.63, 3.8) is 0 Å². The number of urea groups is 1. The van der Waals surface area contributed by atoms with Crippen molar-refractivity contribution in [2.45, 2.75) is 39.3 Å². The first-order valence-electron chi connectivity index (χ1n) is 12.1. The van der Waals surface area contributed by atoms with Crippen LogP contribution < -0.4 is 20.1 Å². The molecule has 36 heavy (non-hydrogen) atoms. The zero-order valence-electron chi connectivity index (χ0n) is 21.4. The van der Waals surface area contributed by atoms with E-state index in [2.05, 4.69) is 10.6 Å². The fraction of sp³-hybridized carbons (Fsp3) is 0.310. The molecule has 7 heteroatoms. The number of hydrogen-bond acceptors (Lipinski definition) is 4. The van der Waals surface area contributed by atoms with Crippen molar-refractivity contribution in [3.8, 4) is 11.5 Å². The molecule has 1 aliphatic heterocycles. The van der Waals surface area contributed by atoms with Gasteiger partial charge < -0.3 is 25.0 Å². The maximum absolute atomic E-state index is 13.5. The number of benzene rings is 3. The molecule has 3 aromatic rings. The molecule has 0 saturated carbocycles. The Kier molecular flexibility index (Phi) is 7.48. The Bertz CT molecular complexity index is 1260. The molecule has 0 radical (unpaired) electrons. The first-order valence-corrected chi connectivity index (χ1v) is 12.1. The minimum absolute atomic E-state index is 0.267. The lowest BCUT2D eigenvalue weighted by molar-refractivity contribution is -0.117. The van der Waals surface area contributed by atoms with E-state index in [-0.39, 0.29) is 18.0 Å². The number of aryl methyl sites for hydroxylation is 1. The highest BCUT2D eigenvalue weighted by atomic mass is 16.5. The van der Waals surface area contributed by atoms with Crippen molar-refractivity contribution >= 4 is 17.6 Å². The fourth-order valence-corrected chi connectivity index (χ4v) is 4.62. The van der Waals surface area contributed by atoms with Crippen molar-refractivity contribution < 1.29 is 19.1 Å². The number of nitrogens with zero attached hydrogens (tertiary/aromatic N) is 1. The van der Waals surface area contributed by atoms with Crippen LogP contribution >= 0.6 is 0 Å². The normalized spacial score (nSPS) is 15.5. The summed E-state index contributed by atoms with van der Waals surface area (Å²) in [5.74, 6) is 1.01. The summed E-state index contributed by atoms with van der Waals surface area (Å²) in [5, 5.41) is 5.85. The molecule has 1 heterocycles. The SMILES string of the molecule is COc1cc2c(cc1OC)C(c1ccccc1)N(C(=O)N[C@@H](C)C(=O)Nc1cccc(C)c1C)CC2. The van der Waals surface area contributed by atoms with Gasteiger partial charge in [0.2, 0.25) is 5.91 Å². The van der Waals surface area contributed by atoms with Crippen LogP contribution in [0.5, 0.6) is 11.5 Å². The van der Waals surface area contributed by atoms with Crippen molar-refractivity contribution in [1.29, 1.82) is 0 Å². The quantitative estimate of drug-likeness (QED) is 0.513. The lowest BCUT2D eigenvalue weighted by Crippen LogP contribution is -2.51. The van der Waals surface area contributed by atoms with Gasteiger partial charge in [0.25, 0.3) is 0 Å². The molecule has 2 atom stereocenters. The summed E-state index contributed by atoms with van der Waals surface area (Å²) >= 11 is 0. The Balaban J connectivity index is 1.59. The molecule has 1 aliphatic rings. The summed E-state index contributed by atoms with van der Waals surface area (Å²) < 4.78 is 11.1. The molecule has 188 valence electrons. The number of nitrogens with one attached hydrogen (secondary N) is 2. The molecule has 0 bridgehead atoms. The topological polar surface area (TPSA) is 79.9 Å². The summed E-state index contributed by atoms with van der Waals surface area (Å²) in [6.45, 7) is 6.16. The average molecular weight is 488 g/mol. The van der Waals surface area contributed by atoms with Crippen LogP contribution in [0, 0.1) is 13.8 Å². The van der Waals surface area contributed by atoms with Crippen LogP contribution in [-0.2, 0) is 11.2 Å². The number of amides is 3. The van der Waals surface area contributed by atoms with Crippen molar-refractivity contribution in [2.75, 3.05) is 26.1 Å². The van der Waals surface area contributed by atoms with Crippen LogP contribution in [0.15, 0.2) is 60.7 Å². The second kappa shape index (κ2) is 10.7. The first-order chi connectivity index (χ1) is 17.3. The van der Waals surface area contributed by atoms with Gasteiger partial charge >= 0.3 is 6.03 Å². The molecule has 2 N–H and O–H groups in total. The Hall–Kier alpha value is -4.00. The summed E-state index contributed by atoms with van der Waals surface area (Å²) in [6, 6.07) is 18.2. The van der Waals surface area contributed by atoms with E-state index in [1.807, 2.05) is 74.5 Å². The number of fused-ring (bicyclic) bond motifs is 1. The van der Waals surface area contributed by atoms with E-state index in [1.165, 1.54) is 0 Å². The maximum Gasteiger partial charge on any atom is 0.318 e. The van der Waals surface area contributed by atoms with Crippen LogP contribution in [0.25, 0.3) is 0 Å². The van der Waals surface area contributed by atoms with Gasteiger partial charge in [-0.05, 0) is 73.2 Å². The maximum atomic E-state index is 13.5. The molecule has 3 aromatic carbocycles. The number of carbonyl (C=O) groups excluding carboxylic acids is 2. The molecule has 0 fully saturated rings. The van der Waals surface area contributed by atoms with Gasteiger partial charge in [0.15, 0.2) is 11.5 Å². The molecule has 7 nitrogen and oxygen atoms in total. The van der Waals surface area contributed by atoms with E-state index in [4.69, 9.17) is 9.47 Å². The summed E-state index contributed by atoms with van der Waals surface area (Å²) in [7, 11) is 3.22. The summed E-state index contributed by atoms with van der Waals surface area (Å²) in [6.07, 6.45) is 0.662. The molecule has 3 amide bonds. The minimum Gasteiger partial charge on any atom is -0.493 e. The van der Waals surface area contributed by atoms with E-state index >= 15 is 0 Å². The number of rotatable bonds is 6. The van der Waals surface area contributed by atoms with Crippen LogP contribution in [0.1, 0.15) is 40.8 Å². The van der Waals surface area contributed by atoms with E-state index in [1.54, 1.807) is 26.0 Å². The van der Waals surface area contributed by atoms with Gasteiger partial charge in [-0.25, -0.2) is 4.79 Å². The molecule has 1 unspecified atom stereocenters. The van der Waals surface area contributed by atoms with Crippen LogP contribution in [0.2, 0.25) is 0 Å². The monoisotopic (exact) mass is 487 g/mol. The van der Waals surface area contributed by atoms with Crippen LogP contribution in [-0.4, -0.2) is 43.6 Å². The molecular formula is C29H33N3O4. The Morgan fingerprint density at radius 3 is 2.36 bits per heavy atom. The highest BCUT2D eigenvalue weighted by molar-refractivity contribution is 5.97. The van der Waals surface area contributed by atoms with Crippen molar-refractivity contribution in [1.82, 2.24) is 10.2 Å². The predicted molar refractivity (Wildman–Crippen MR) is 141 cm³/mol. The Morgan fingerprint density at radius 2 is 1.67 bits per heavy atom. The van der Waals surface area contributed by atoms with Gasteiger partial charge in [-0.3, -0.25) is 4.79 Å². The third kappa shape index (κ3) is 5.00. The van der Waals surface area contributed by atoms with E-state index in [9.17, 15) is 9.59 Å². The lowest BCUT2D eigenvalue weighted by atomic mass is 9.88. The van der Waals surface area contributed by atoms with E-state index in [0.717, 1.165) is 33.5 Å². The standard InChI is InChI=1S/C29H33N3O4/c1-18-10-9-13-24(19(18)2)31-28(33)20(3)30-29(34)32-15-14-22-16-25(35-4)26(36-5)17-23(22)27(32)21-11-7-6-8-12-21/h6-13,16-17,20,27H,14-15H2,1-5H3,(H,30,34)(H,31,33)/t20-,27?/m0/s1. The third-order valence-electron chi connectivity index (χ3n) is 6.85. The lowest BCUT2D eigenvalue weighted by Gasteiger charge is -2.38. The van der Waals surface area contributed by atoms with Crippen LogP contribution in [0.4, 0.5) is 10.5 Å². The summed E-state index contributed by atoms with van der Waals surface area (Å²) in [4.78, 5) is 28.2. The second-order valence-electron chi connectivity index (χ2n) is 9.07. The number of carbonyl (C=O) groups is 2. The van der Waals surface area contributed by atoms with Gasteiger partial charge in [-0.15, -0.1) is 0 Å². The highest BCUT2D eigenvalue weighted by Gasteiger charge is 2.34. The third-order valence-corrected chi connectivity index (χ3v) is 6.85. The molecular weight excluding hydrogens is 454 g/mol. The molecule has 0 spiro atoms. The number of anilines is 1. The van der Waals surface area contributed by atoms with E-state index in [0.29, 0.717) is 24.5 Å². The largest absolute Gasteiger partial charge is 0.493 e. The molecule has 4 rings (SSSR count). The van der Waals surface area contributed by atoms with Crippen molar-refractivity contribution in [3.05, 3.63) is 88.5 Å². The first kappa shape index (κ1) is 25.1. The van der Waals surface area contributed by atoms with Gasteiger partial charge in [-0.1, -0.05) is 42.5 Å². The van der Waals surface area contributed by atoms with Crippen molar-refractivity contribution in [2.24, 2.45) is 0 Å². The van der Waals surface area contributed by atoms with E-state index < -0.39 is 6.04 Å². The Morgan fingerprint density at radius 1 is 0.972 bits per heavy atom. The van der Waals surface area contributed by atoms with Gasteiger partial charge in [0.05, 0.1) is 20.3 Å².